The van der Waals surface area contributed by atoms with Crippen LogP contribution >= 0.6 is 0 Å². The molecule has 0 aliphatic heterocycles. The Balaban J connectivity index is 1.88. The number of rotatable bonds is 10. The van der Waals surface area contributed by atoms with Gasteiger partial charge in [-0.05, 0) is 32.0 Å². The molecule has 0 unspecified atom stereocenters. The molecule has 0 N–H and O–H groups in total. The second-order valence-corrected chi connectivity index (χ2v) is 6.55. The van der Waals surface area contributed by atoms with Crippen LogP contribution in [0.1, 0.15) is 35.8 Å². The summed E-state index contributed by atoms with van der Waals surface area (Å²) < 4.78 is 18.5. The van der Waals surface area contributed by atoms with Gasteiger partial charge in [0, 0.05) is 37.3 Å². The Labute approximate surface area is 169 Å². The Morgan fingerprint density at radius 1 is 1.07 bits per heavy atom. The molecule has 0 amide bonds. The van der Waals surface area contributed by atoms with Crippen LogP contribution in [0.3, 0.4) is 0 Å². The highest BCUT2D eigenvalue weighted by Gasteiger charge is 2.17. The Bertz CT molecular complexity index is 955. The van der Waals surface area contributed by atoms with Crippen molar-refractivity contribution >= 4 is 6.29 Å². The fourth-order valence-corrected chi connectivity index (χ4v) is 2.85. The van der Waals surface area contributed by atoms with Crippen LogP contribution in [0, 0.1) is 0 Å². The molecule has 0 bridgehead atoms. The average molecular weight is 396 g/mol. The van der Waals surface area contributed by atoms with Gasteiger partial charge in [-0.3, -0.25) is 14.5 Å². The molecule has 29 heavy (non-hydrogen) atoms. The van der Waals surface area contributed by atoms with Gasteiger partial charge in [-0.25, -0.2) is 4.98 Å². The lowest BCUT2D eigenvalue weighted by Gasteiger charge is -2.16. The van der Waals surface area contributed by atoms with Crippen LogP contribution in [-0.4, -0.2) is 46.4 Å². The normalized spacial score (nSPS) is 10.9. The Hall–Kier alpha value is -3.26. The molecule has 0 aromatic carbocycles. The van der Waals surface area contributed by atoms with Crippen LogP contribution in [0.25, 0.3) is 11.4 Å². The fourth-order valence-electron chi connectivity index (χ4n) is 2.85. The molecule has 3 aromatic rings. The van der Waals surface area contributed by atoms with Crippen molar-refractivity contribution in [2.75, 3.05) is 20.3 Å². The van der Waals surface area contributed by atoms with Crippen molar-refractivity contribution in [2.24, 2.45) is 0 Å². The molecule has 3 aromatic heterocycles. The van der Waals surface area contributed by atoms with Crippen molar-refractivity contribution in [1.29, 1.82) is 0 Å². The zero-order valence-corrected chi connectivity index (χ0v) is 16.7. The second-order valence-electron chi connectivity index (χ2n) is 6.55. The van der Waals surface area contributed by atoms with Gasteiger partial charge in [0.25, 0.3) is 5.88 Å². The number of ether oxygens (including phenoxy) is 3. The molecule has 0 saturated carbocycles. The molecule has 8 heteroatoms. The minimum absolute atomic E-state index is 0.191. The maximum absolute atomic E-state index is 11.5. The van der Waals surface area contributed by atoms with Crippen molar-refractivity contribution in [1.82, 2.24) is 19.7 Å². The summed E-state index contributed by atoms with van der Waals surface area (Å²) in [6.45, 7) is 5.02. The van der Waals surface area contributed by atoms with Crippen LogP contribution in [0.4, 0.5) is 0 Å². The fraction of sp³-hybridized carbons (Fsp3) is 0.333. The van der Waals surface area contributed by atoms with Gasteiger partial charge in [-0.2, -0.15) is 5.10 Å². The molecule has 8 nitrogen and oxygen atoms in total. The number of aromatic nitrogens is 4. The zero-order valence-electron chi connectivity index (χ0n) is 16.7. The van der Waals surface area contributed by atoms with E-state index in [9.17, 15) is 4.79 Å². The Kier molecular flexibility index (Phi) is 6.91. The predicted octanol–water partition coefficient (Wildman–Crippen LogP) is 3.34. The molecule has 0 atom stereocenters. The van der Waals surface area contributed by atoms with Crippen LogP contribution in [0.15, 0.2) is 42.9 Å². The third kappa shape index (κ3) is 4.78. The van der Waals surface area contributed by atoms with Crippen molar-refractivity contribution in [3.05, 3.63) is 54.0 Å². The molecule has 0 aliphatic rings. The summed E-state index contributed by atoms with van der Waals surface area (Å²) >= 11 is 0. The number of hydrogen-bond donors (Lipinski definition) is 0. The molecule has 152 valence electrons. The van der Waals surface area contributed by atoms with Gasteiger partial charge in [-0.15, -0.1) is 0 Å². The smallest absolute Gasteiger partial charge is 0.257 e. The van der Waals surface area contributed by atoms with Gasteiger partial charge in [0.05, 0.1) is 23.6 Å². The van der Waals surface area contributed by atoms with Crippen molar-refractivity contribution < 1.29 is 19.0 Å². The lowest BCUT2D eigenvalue weighted by Crippen LogP contribution is -2.10. The van der Waals surface area contributed by atoms with Crippen LogP contribution in [-0.2, 0) is 11.3 Å². The van der Waals surface area contributed by atoms with E-state index >= 15 is 0 Å². The number of hydrogen-bond acceptors (Lipinski definition) is 7. The van der Waals surface area contributed by atoms with E-state index in [1.165, 1.54) is 6.20 Å². The maximum atomic E-state index is 11.5. The SMILES string of the molecule is COCCOc1nccc(C=O)c1OCc1cccnc1-c1ccnn1C(C)C. The minimum atomic E-state index is 0.191. The van der Waals surface area contributed by atoms with Gasteiger partial charge >= 0.3 is 0 Å². The summed E-state index contributed by atoms with van der Waals surface area (Å²) in [5.41, 5.74) is 2.90. The third-order valence-electron chi connectivity index (χ3n) is 4.22. The van der Waals surface area contributed by atoms with E-state index in [0.717, 1.165) is 23.2 Å². The zero-order chi connectivity index (χ0) is 20.6. The van der Waals surface area contributed by atoms with Crippen LogP contribution in [0.5, 0.6) is 11.6 Å². The molecular formula is C21H24N4O4. The molecular weight excluding hydrogens is 372 g/mol. The molecule has 0 spiro atoms. The monoisotopic (exact) mass is 396 g/mol. The lowest BCUT2D eigenvalue weighted by molar-refractivity contribution is 0.111. The molecule has 3 rings (SSSR count). The molecule has 3 heterocycles. The topological polar surface area (TPSA) is 88.4 Å². The summed E-state index contributed by atoms with van der Waals surface area (Å²) in [6, 6.07) is 7.48. The van der Waals surface area contributed by atoms with Gasteiger partial charge in [-0.1, -0.05) is 6.07 Å². The third-order valence-corrected chi connectivity index (χ3v) is 4.22. The van der Waals surface area contributed by atoms with Crippen LogP contribution in [0.2, 0.25) is 0 Å². The number of aldehydes is 1. The largest absolute Gasteiger partial charge is 0.482 e. The van der Waals surface area contributed by atoms with E-state index in [4.69, 9.17) is 14.2 Å². The first-order valence-corrected chi connectivity index (χ1v) is 9.32. The second kappa shape index (κ2) is 9.79. The number of carbonyl (C=O) groups excluding carboxylic acids is 1. The Morgan fingerprint density at radius 2 is 1.93 bits per heavy atom. The molecule has 0 radical (unpaired) electrons. The number of carbonyl (C=O) groups is 1. The quantitative estimate of drug-likeness (QED) is 0.384. The van der Waals surface area contributed by atoms with E-state index in [2.05, 4.69) is 28.9 Å². The van der Waals surface area contributed by atoms with E-state index in [0.29, 0.717) is 24.5 Å². The van der Waals surface area contributed by atoms with E-state index in [1.807, 2.05) is 22.9 Å². The highest BCUT2D eigenvalue weighted by Crippen LogP contribution is 2.30. The first kappa shape index (κ1) is 20.5. The molecule has 0 fully saturated rings. The van der Waals surface area contributed by atoms with E-state index < -0.39 is 0 Å². The minimum Gasteiger partial charge on any atom is -0.482 e. The predicted molar refractivity (Wildman–Crippen MR) is 107 cm³/mol. The summed E-state index contributed by atoms with van der Waals surface area (Å²) in [6.07, 6.45) is 5.71. The van der Waals surface area contributed by atoms with E-state index in [1.54, 1.807) is 25.6 Å². The summed E-state index contributed by atoms with van der Waals surface area (Å²) in [7, 11) is 1.59. The summed E-state index contributed by atoms with van der Waals surface area (Å²) in [5, 5.41) is 4.38. The van der Waals surface area contributed by atoms with Crippen molar-refractivity contribution in [3.8, 4) is 23.0 Å². The van der Waals surface area contributed by atoms with Gasteiger partial charge in [0.15, 0.2) is 12.0 Å². The number of methoxy groups -OCH3 is 1. The lowest BCUT2D eigenvalue weighted by atomic mass is 10.1. The molecule has 0 aliphatic carbocycles. The summed E-state index contributed by atoms with van der Waals surface area (Å²) in [4.78, 5) is 20.2. The summed E-state index contributed by atoms with van der Waals surface area (Å²) in [5.74, 6) is 0.551. The maximum Gasteiger partial charge on any atom is 0.257 e. The first-order chi connectivity index (χ1) is 14.2. The highest BCUT2D eigenvalue weighted by molar-refractivity contribution is 5.80. The average Bonchev–Trinajstić information content (AvgIpc) is 3.23. The first-order valence-electron chi connectivity index (χ1n) is 9.32. The Morgan fingerprint density at radius 3 is 2.69 bits per heavy atom. The van der Waals surface area contributed by atoms with Gasteiger partial charge < -0.3 is 14.2 Å². The van der Waals surface area contributed by atoms with Crippen LogP contribution < -0.4 is 9.47 Å². The standard InChI is InChI=1S/C21H24N4O4/c1-15(2)25-18(7-10-24-25)19-17(5-4-8-22-19)14-29-20-16(13-26)6-9-23-21(20)28-12-11-27-3/h4-10,13,15H,11-12,14H2,1-3H3. The van der Waals surface area contributed by atoms with Gasteiger partial charge in [0.1, 0.15) is 13.2 Å². The number of nitrogens with zero attached hydrogens (tertiary/aromatic N) is 4. The van der Waals surface area contributed by atoms with Crippen molar-refractivity contribution in [2.45, 2.75) is 26.5 Å². The van der Waals surface area contributed by atoms with E-state index in [-0.39, 0.29) is 18.5 Å². The highest BCUT2D eigenvalue weighted by atomic mass is 16.5. The van der Waals surface area contributed by atoms with Gasteiger partial charge in [0.2, 0.25) is 0 Å². The van der Waals surface area contributed by atoms with Crippen molar-refractivity contribution in [3.63, 3.8) is 0 Å². The molecule has 0 saturated heterocycles. The number of pyridine rings is 2.